The van der Waals surface area contributed by atoms with Crippen LogP contribution in [0.2, 0.25) is 0 Å². The normalized spacial score (nSPS) is 19.0. The predicted molar refractivity (Wildman–Crippen MR) is 102 cm³/mol. The fraction of sp³-hybridized carbons (Fsp3) is 0.500. The number of ether oxygens (including phenoxy) is 1. The maximum atomic E-state index is 13.3. The van der Waals surface area contributed by atoms with E-state index in [-0.39, 0.29) is 17.4 Å². The van der Waals surface area contributed by atoms with E-state index in [1.54, 1.807) is 11.0 Å². The summed E-state index contributed by atoms with van der Waals surface area (Å²) in [4.78, 5) is 33.0. The van der Waals surface area contributed by atoms with Gasteiger partial charge in [-0.1, -0.05) is 19.1 Å². The molecule has 2 aliphatic rings. The first kappa shape index (κ1) is 18.6. The van der Waals surface area contributed by atoms with Gasteiger partial charge in [0.05, 0.1) is 30.0 Å². The summed E-state index contributed by atoms with van der Waals surface area (Å²) in [5.74, 6) is 0.154. The topological polar surface area (TPSA) is 80.6 Å². The highest BCUT2D eigenvalue weighted by atomic mass is 16.5. The highest BCUT2D eigenvalue weighted by Crippen LogP contribution is 2.31. The van der Waals surface area contributed by atoms with E-state index in [1.165, 1.54) is 6.33 Å². The third kappa shape index (κ3) is 3.52. The number of para-hydroxylation sites is 1. The van der Waals surface area contributed by atoms with E-state index in [0.29, 0.717) is 50.5 Å². The Morgan fingerprint density at radius 3 is 2.64 bits per heavy atom. The van der Waals surface area contributed by atoms with Crippen molar-refractivity contribution >= 4 is 11.8 Å². The first-order chi connectivity index (χ1) is 13.6. The van der Waals surface area contributed by atoms with Crippen molar-refractivity contribution in [1.82, 2.24) is 24.6 Å². The summed E-state index contributed by atoms with van der Waals surface area (Å²) in [7, 11) is 0. The van der Waals surface area contributed by atoms with Gasteiger partial charge in [-0.05, 0) is 25.0 Å². The SMILES string of the molecule is CCC(=O)N1CCC2(CC1)CN(C(=O)c1ccccc1-n1cncn1)CCO2. The van der Waals surface area contributed by atoms with Crippen LogP contribution < -0.4 is 0 Å². The monoisotopic (exact) mass is 383 g/mol. The number of rotatable bonds is 3. The average molecular weight is 383 g/mol. The molecule has 2 saturated heterocycles. The van der Waals surface area contributed by atoms with Crippen molar-refractivity contribution in [3.8, 4) is 5.69 Å². The van der Waals surface area contributed by atoms with E-state index in [4.69, 9.17) is 4.74 Å². The number of aromatic nitrogens is 3. The molecular weight excluding hydrogens is 358 g/mol. The molecule has 3 heterocycles. The van der Waals surface area contributed by atoms with E-state index in [2.05, 4.69) is 10.1 Å². The van der Waals surface area contributed by atoms with Crippen LogP contribution in [0.15, 0.2) is 36.9 Å². The second-order valence-electron chi connectivity index (χ2n) is 7.35. The minimum atomic E-state index is -0.360. The van der Waals surface area contributed by atoms with Gasteiger partial charge in [0, 0.05) is 26.1 Å². The van der Waals surface area contributed by atoms with Crippen molar-refractivity contribution in [1.29, 1.82) is 0 Å². The predicted octanol–water partition coefficient (Wildman–Crippen LogP) is 1.51. The number of piperidine rings is 1. The second kappa shape index (κ2) is 7.71. The lowest BCUT2D eigenvalue weighted by Crippen LogP contribution is -2.58. The van der Waals surface area contributed by atoms with Gasteiger partial charge in [0.2, 0.25) is 5.91 Å². The molecule has 8 heteroatoms. The first-order valence-corrected chi connectivity index (χ1v) is 9.77. The van der Waals surface area contributed by atoms with Crippen LogP contribution in [0.3, 0.4) is 0 Å². The molecule has 0 radical (unpaired) electrons. The first-order valence-electron chi connectivity index (χ1n) is 9.77. The number of carbonyl (C=O) groups is 2. The zero-order chi connectivity index (χ0) is 19.6. The van der Waals surface area contributed by atoms with Crippen molar-refractivity contribution in [2.24, 2.45) is 0 Å². The Hall–Kier alpha value is -2.74. The van der Waals surface area contributed by atoms with Gasteiger partial charge in [-0.15, -0.1) is 0 Å². The van der Waals surface area contributed by atoms with Gasteiger partial charge in [0.25, 0.3) is 5.91 Å². The van der Waals surface area contributed by atoms with Crippen molar-refractivity contribution in [3.63, 3.8) is 0 Å². The van der Waals surface area contributed by atoms with Crippen LogP contribution in [0.4, 0.5) is 0 Å². The standard InChI is InChI=1S/C20H25N5O3/c1-2-18(26)23-9-7-20(8-10-23)13-24(11-12-28-20)19(27)16-5-3-4-6-17(16)25-15-21-14-22-25/h3-6,14-15H,2,7-13H2,1H3. The van der Waals surface area contributed by atoms with Gasteiger partial charge in [-0.25, -0.2) is 9.67 Å². The van der Waals surface area contributed by atoms with Gasteiger partial charge in [-0.3, -0.25) is 9.59 Å². The van der Waals surface area contributed by atoms with Crippen molar-refractivity contribution in [3.05, 3.63) is 42.5 Å². The van der Waals surface area contributed by atoms with Gasteiger partial charge < -0.3 is 14.5 Å². The Morgan fingerprint density at radius 2 is 1.93 bits per heavy atom. The van der Waals surface area contributed by atoms with Crippen LogP contribution in [0, 0.1) is 0 Å². The summed E-state index contributed by atoms with van der Waals surface area (Å²) in [6.07, 6.45) is 5.09. The molecule has 0 aliphatic carbocycles. The fourth-order valence-corrected chi connectivity index (χ4v) is 4.07. The molecule has 28 heavy (non-hydrogen) atoms. The fourth-order valence-electron chi connectivity index (χ4n) is 4.07. The molecule has 2 aromatic rings. The highest BCUT2D eigenvalue weighted by Gasteiger charge is 2.42. The number of likely N-dealkylation sites (tertiary alicyclic amines) is 1. The third-order valence-electron chi connectivity index (χ3n) is 5.67. The maximum Gasteiger partial charge on any atom is 0.256 e. The number of nitrogens with zero attached hydrogens (tertiary/aromatic N) is 5. The van der Waals surface area contributed by atoms with Crippen LogP contribution >= 0.6 is 0 Å². The maximum absolute atomic E-state index is 13.3. The summed E-state index contributed by atoms with van der Waals surface area (Å²) in [5.41, 5.74) is 0.957. The molecule has 2 aliphatic heterocycles. The molecule has 148 valence electrons. The molecule has 0 N–H and O–H groups in total. The lowest BCUT2D eigenvalue weighted by molar-refractivity contribution is -0.146. The molecule has 1 spiro atoms. The summed E-state index contributed by atoms with van der Waals surface area (Å²) in [6, 6.07) is 7.44. The average Bonchev–Trinajstić information content (AvgIpc) is 3.28. The minimum absolute atomic E-state index is 0.0270. The number of morpholine rings is 1. The van der Waals surface area contributed by atoms with E-state index in [1.807, 2.05) is 41.0 Å². The van der Waals surface area contributed by atoms with Crippen molar-refractivity contribution in [2.75, 3.05) is 32.8 Å². The van der Waals surface area contributed by atoms with E-state index in [0.717, 1.165) is 12.8 Å². The van der Waals surface area contributed by atoms with Gasteiger partial charge in [0.15, 0.2) is 0 Å². The van der Waals surface area contributed by atoms with Crippen LogP contribution in [0.25, 0.3) is 5.69 Å². The lowest BCUT2D eigenvalue weighted by atomic mass is 9.89. The smallest absolute Gasteiger partial charge is 0.256 e. The quantitative estimate of drug-likeness (QED) is 0.803. The number of hydrogen-bond acceptors (Lipinski definition) is 5. The molecule has 1 aromatic carbocycles. The van der Waals surface area contributed by atoms with Crippen molar-refractivity contribution < 1.29 is 14.3 Å². The van der Waals surface area contributed by atoms with Crippen LogP contribution in [-0.4, -0.2) is 74.8 Å². The van der Waals surface area contributed by atoms with Crippen molar-refractivity contribution in [2.45, 2.75) is 31.8 Å². The highest BCUT2D eigenvalue weighted by molar-refractivity contribution is 5.97. The zero-order valence-electron chi connectivity index (χ0n) is 16.1. The number of carbonyl (C=O) groups excluding carboxylic acids is 2. The molecule has 0 saturated carbocycles. The van der Waals surface area contributed by atoms with E-state index < -0.39 is 0 Å². The summed E-state index contributed by atoms with van der Waals surface area (Å²) >= 11 is 0. The zero-order valence-corrected chi connectivity index (χ0v) is 16.1. The summed E-state index contributed by atoms with van der Waals surface area (Å²) in [6.45, 7) is 4.87. The van der Waals surface area contributed by atoms with Gasteiger partial charge in [-0.2, -0.15) is 5.10 Å². The number of amides is 2. The molecule has 1 aromatic heterocycles. The summed E-state index contributed by atoms with van der Waals surface area (Å²) < 4.78 is 7.74. The third-order valence-corrected chi connectivity index (χ3v) is 5.67. The molecule has 2 fully saturated rings. The lowest BCUT2D eigenvalue weighted by Gasteiger charge is -2.47. The van der Waals surface area contributed by atoms with E-state index in [9.17, 15) is 9.59 Å². The Labute approximate surface area is 164 Å². The Bertz CT molecular complexity index is 843. The summed E-state index contributed by atoms with van der Waals surface area (Å²) in [5, 5.41) is 4.16. The molecule has 0 atom stereocenters. The van der Waals surface area contributed by atoms with Crippen LogP contribution in [-0.2, 0) is 9.53 Å². The molecule has 2 amide bonds. The number of benzene rings is 1. The Balaban J connectivity index is 1.50. The second-order valence-corrected chi connectivity index (χ2v) is 7.35. The minimum Gasteiger partial charge on any atom is -0.371 e. The molecule has 4 rings (SSSR count). The van der Waals surface area contributed by atoms with E-state index >= 15 is 0 Å². The Kier molecular flexibility index (Phi) is 5.13. The number of hydrogen-bond donors (Lipinski definition) is 0. The van der Waals surface area contributed by atoms with Crippen LogP contribution in [0.1, 0.15) is 36.5 Å². The molecular formula is C20H25N5O3. The molecule has 0 bridgehead atoms. The Morgan fingerprint density at radius 1 is 1.14 bits per heavy atom. The van der Waals surface area contributed by atoms with Gasteiger partial charge >= 0.3 is 0 Å². The molecule has 0 unspecified atom stereocenters. The largest absolute Gasteiger partial charge is 0.371 e. The van der Waals surface area contributed by atoms with Crippen LogP contribution in [0.5, 0.6) is 0 Å². The molecule has 8 nitrogen and oxygen atoms in total. The van der Waals surface area contributed by atoms with Gasteiger partial charge in [0.1, 0.15) is 12.7 Å².